The van der Waals surface area contributed by atoms with Gasteiger partial charge in [0.1, 0.15) is 11.4 Å². The molecule has 0 radical (unpaired) electrons. The third-order valence-corrected chi connectivity index (χ3v) is 8.51. The number of halogens is 2. The van der Waals surface area contributed by atoms with Gasteiger partial charge in [-0.15, -0.1) is 0 Å². The first-order valence-corrected chi connectivity index (χ1v) is 16.1. The molecule has 1 aliphatic heterocycles. The van der Waals surface area contributed by atoms with Crippen molar-refractivity contribution in [2.75, 3.05) is 39.3 Å². The smallest absolute Gasteiger partial charge is 0.274 e. The quantitative estimate of drug-likeness (QED) is 0.124. The highest BCUT2D eigenvalue weighted by molar-refractivity contribution is 6.35. The van der Waals surface area contributed by atoms with E-state index in [-0.39, 0.29) is 17.6 Å². The van der Waals surface area contributed by atoms with Crippen LogP contribution in [0.3, 0.4) is 0 Å². The summed E-state index contributed by atoms with van der Waals surface area (Å²) < 4.78 is 23.5. The van der Waals surface area contributed by atoms with Crippen molar-refractivity contribution < 1.29 is 23.5 Å². The Morgan fingerprint density at radius 1 is 1.06 bits per heavy atom. The van der Waals surface area contributed by atoms with Crippen LogP contribution in [0, 0.1) is 6.92 Å². The van der Waals surface area contributed by atoms with Gasteiger partial charge in [0.15, 0.2) is 0 Å². The molecule has 11 nitrogen and oxygen atoms in total. The number of hydrogen-bond donors (Lipinski definition) is 4. The summed E-state index contributed by atoms with van der Waals surface area (Å²) >= 11 is 6.99. The molecule has 4 aromatic rings. The fraction of sp³-hybridized carbons (Fsp3) is 0.343. The number of pyridine rings is 3. The Bertz CT molecular complexity index is 1770. The van der Waals surface area contributed by atoms with E-state index in [2.05, 4.69) is 31.2 Å². The number of amides is 2. The Labute approximate surface area is 284 Å². The van der Waals surface area contributed by atoms with Gasteiger partial charge in [-0.3, -0.25) is 19.0 Å². The Morgan fingerprint density at radius 2 is 1.90 bits per heavy atom. The predicted octanol–water partition coefficient (Wildman–Crippen LogP) is 5.25. The number of aromatic nitrogens is 3. The minimum atomic E-state index is -0.404. The van der Waals surface area contributed by atoms with E-state index in [1.165, 1.54) is 13.3 Å². The van der Waals surface area contributed by atoms with Gasteiger partial charge in [-0.2, -0.15) is 0 Å². The molecule has 13 heteroatoms. The van der Waals surface area contributed by atoms with Crippen LogP contribution in [0.25, 0.3) is 22.5 Å². The van der Waals surface area contributed by atoms with Crippen LogP contribution in [0.15, 0.2) is 54.9 Å². The highest BCUT2D eigenvalue weighted by atomic mass is 35.5. The maximum atomic E-state index is 13.3. The molecule has 5 rings (SSSR count). The SMILES string of the molecule is COc1cnc(C(=O)Nc2cccc(-c3nccc(-c4ccc(CNC[C@H]5CCC(=O)N5)c(OC)n4)c3Cl)c2C)cc1CNCCCF. The van der Waals surface area contributed by atoms with Crippen molar-refractivity contribution in [3.63, 3.8) is 0 Å². The van der Waals surface area contributed by atoms with Gasteiger partial charge >= 0.3 is 0 Å². The van der Waals surface area contributed by atoms with E-state index in [0.717, 1.165) is 28.7 Å². The number of methoxy groups -OCH3 is 2. The molecule has 1 fully saturated rings. The van der Waals surface area contributed by atoms with E-state index in [1.807, 2.05) is 31.2 Å². The van der Waals surface area contributed by atoms with Crippen LogP contribution >= 0.6 is 11.6 Å². The normalized spacial score (nSPS) is 14.1. The highest BCUT2D eigenvalue weighted by Gasteiger charge is 2.21. The van der Waals surface area contributed by atoms with Crippen molar-refractivity contribution in [2.24, 2.45) is 0 Å². The summed E-state index contributed by atoms with van der Waals surface area (Å²) in [6.07, 6.45) is 4.95. The average molecular weight is 676 g/mol. The summed E-state index contributed by atoms with van der Waals surface area (Å²) in [7, 11) is 3.11. The fourth-order valence-corrected chi connectivity index (χ4v) is 5.84. The molecule has 4 heterocycles. The fourth-order valence-electron chi connectivity index (χ4n) is 5.53. The Balaban J connectivity index is 1.33. The number of anilines is 1. The lowest BCUT2D eigenvalue weighted by Crippen LogP contribution is -2.35. The molecule has 1 aromatic carbocycles. The number of carbonyl (C=O) groups is 2. The van der Waals surface area contributed by atoms with Crippen LogP contribution in [0.2, 0.25) is 5.02 Å². The molecular formula is C35H39ClFN7O4. The molecule has 3 aromatic heterocycles. The monoisotopic (exact) mass is 675 g/mol. The van der Waals surface area contributed by atoms with Crippen LogP contribution in [0.1, 0.15) is 46.4 Å². The Morgan fingerprint density at radius 3 is 2.65 bits per heavy atom. The predicted molar refractivity (Wildman–Crippen MR) is 183 cm³/mol. The maximum absolute atomic E-state index is 13.3. The second-order valence-corrected chi connectivity index (χ2v) is 11.7. The number of alkyl halides is 1. The number of rotatable bonds is 15. The number of ether oxygens (including phenoxy) is 2. The lowest BCUT2D eigenvalue weighted by atomic mass is 10.0. The lowest BCUT2D eigenvalue weighted by molar-refractivity contribution is -0.119. The minimum Gasteiger partial charge on any atom is -0.495 e. The molecule has 4 N–H and O–H groups in total. The molecule has 1 atom stereocenters. The van der Waals surface area contributed by atoms with Gasteiger partial charge in [0.25, 0.3) is 5.91 Å². The second kappa shape index (κ2) is 16.4. The molecule has 0 unspecified atom stereocenters. The number of benzene rings is 1. The van der Waals surface area contributed by atoms with E-state index in [0.29, 0.717) is 78.3 Å². The van der Waals surface area contributed by atoms with Crippen molar-refractivity contribution in [3.8, 4) is 34.1 Å². The molecule has 2 amide bonds. The number of carbonyl (C=O) groups excluding carboxylic acids is 2. The zero-order valence-electron chi connectivity index (χ0n) is 27.2. The third-order valence-electron chi connectivity index (χ3n) is 8.13. The van der Waals surface area contributed by atoms with E-state index < -0.39 is 12.6 Å². The number of nitrogens with one attached hydrogen (secondary N) is 4. The Hall–Kier alpha value is -4.65. The highest BCUT2D eigenvalue weighted by Crippen LogP contribution is 2.38. The van der Waals surface area contributed by atoms with Gasteiger partial charge in [-0.1, -0.05) is 29.8 Å². The second-order valence-electron chi connectivity index (χ2n) is 11.4. The average Bonchev–Trinajstić information content (AvgIpc) is 3.52. The molecule has 0 bridgehead atoms. The first kappa shape index (κ1) is 34.7. The molecule has 0 saturated carbocycles. The zero-order chi connectivity index (χ0) is 34.0. The van der Waals surface area contributed by atoms with Crippen molar-refractivity contribution in [1.82, 2.24) is 30.9 Å². The summed E-state index contributed by atoms with van der Waals surface area (Å²) in [6, 6.07) is 12.9. The molecule has 1 aliphatic rings. The van der Waals surface area contributed by atoms with E-state index in [9.17, 15) is 14.0 Å². The number of nitrogens with zero attached hydrogens (tertiary/aromatic N) is 3. The standard InChI is InChI=1S/C35H39ClFN7O4/c1-21-25(6-4-7-27(21)43-34(46)29-16-23(18-38-14-5-13-37)30(47-2)20-41-29)33-32(36)26(12-15-40-33)28-10-8-22(35(44-28)48-3)17-39-19-24-9-11-31(45)42-24/h4,6-8,10,12,15-16,20,24,38-39H,5,9,11,13-14,17-19H2,1-3H3,(H,42,45)(H,43,46)/t24-/m1/s1. The zero-order valence-corrected chi connectivity index (χ0v) is 27.9. The summed E-state index contributed by atoms with van der Waals surface area (Å²) in [4.78, 5) is 38.4. The van der Waals surface area contributed by atoms with E-state index in [4.69, 9.17) is 26.1 Å². The van der Waals surface area contributed by atoms with Crippen molar-refractivity contribution >= 4 is 29.1 Å². The van der Waals surface area contributed by atoms with Gasteiger partial charge < -0.3 is 30.7 Å². The maximum Gasteiger partial charge on any atom is 0.274 e. The van der Waals surface area contributed by atoms with Gasteiger partial charge in [-0.25, -0.2) is 9.97 Å². The van der Waals surface area contributed by atoms with Gasteiger partial charge in [0.05, 0.1) is 43.5 Å². The number of hydrogen-bond acceptors (Lipinski definition) is 9. The lowest BCUT2D eigenvalue weighted by Gasteiger charge is -2.16. The van der Waals surface area contributed by atoms with E-state index >= 15 is 0 Å². The van der Waals surface area contributed by atoms with Crippen LogP contribution < -0.4 is 30.7 Å². The molecule has 0 aliphatic carbocycles. The summed E-state index contributed by atoms with van der Waals surface area (Å²) in [5.41, 5.74) is 5.76. The molecular weight excluding hydrogens is 637 g/mol. The molecule has 252 valence electrons. The van der Waals surface area contributed by atoms with Gasteiger partial charge in [0.2, 0.25) is 11.8 Å². The van der Waals surface area contributed by atoms with E-state index in [1.54, 1.807) is 31.5 Å². The Kier molecular flexibility index (Phi) is 11.9. The van der Waals surface area contributed by atoms with Crippen molar-refractivity contribution in [2.45, 2.75) is 45.3 Å². The van der Waals surface area contributed by atoms with Crippen molar-refractivity contribution in [1.29, 1.82) is 0 Å². The van der Waals surface area contributed by atoms with Crippen LogP contribution in [-0.2, 0) is 17.9 Å². The van der Waals surface area contributed by atoms with Crippen molar-refractivity contribution in [3.05, 3.63) is 82.3 Å². The van der Waals surface area contributed by atoms with Crippen LogP contribution in [-0.4, -0.2) is 66.8 Å². The first-order valence-electron chi connectivity index (χ1n) is 15.7. The molecule has 0 spiro atoms. The largest absolute Gasteiger partial charge is 0.495 e. The molecule has 48 heavy (non-hydrogen) atoms. The van der Waals surface area contributed by atoms with Gasteiger partial charge in [0, 0.05) is 66.2 Å². The third kappa shape index (κ3) is 8.25. The summed E-state index contributed by atoms with van der Waals surface area (Å²) in [6.45, 7) is 3.58. The minimum absolute atomic E-state index is 0.0857. The summed E-state index contributed by atoms with van der Waals surface area (Å²) in [5, 5.41) is 12.8. The molecule has 1 saturated heterocycles. The van der Waals surface area contributed by atoms with Gasteiger partial charge in [-0.05, 0) is 56.1 Å². The first-order chi connectivity index (χ1) is 23.3. The summed E-state index contributed by atoms with van der Waals surface area (Å²) in [5.74, 6) is 0.695. The topological polar surface area (TPSA) is 139 Å². The van der Waals surface area contributed by atoms with Crippen LogP contribution in [0.4, 0.5) is 10.1 Å². The van der Waals surface area contributed by atoms with Crippen LogP contribution in [0.5, 0.6) is 11.6 Å².